The molecule has 0 unspecified atom stereocenters. The van der Waals surface area contributed by atoms with E-state index in [-0.39, 0.29) is 23.4 Å². The number of nitrogens with zero attached hydrogens (tertiary/aromatic N) is 1. The molecule has 1 heterocycles. The Bertz CT molecular complexity index is 1120. The van der Waals surface area contributed by atoms with Crippen LogP contribution in [-0.2, 0) is 12.7 Å². The van der Waals surface area contributed by atoms with Crippen LogP contribution in [0.1, 0.15) is 21.5 Å². The molecule has 0 aliphatic carbocycles. The first-order chi connectivity index (χ1) is 13.6. The Balaban J connectivity index is 1.86. The number of carbonyl (C=O) groups excluding carboxylic acids is 1. The van der Waals surface area contributed by atoms with Crippen molar-refractivity contribution in [3.8, 4) is 0 Å². The van der Waals surface area contributed by atoms with Crippen LogP contribution in [0.2, 0.25) is 0 Å². The van der Waals surface area contributed by atoms with Crippen LogP contribution in [0.3, 0.4) is 0 Å². The van der Waals surface area contributed by atoms with Gasteiger partial charge in [0, 0.05) is 12.3 Å². The lowest BCUT2D eigenvalue weighted by molar-refractivity contribution is -0.137. The van der Waals surface area contributed by atoms with Gasteiger partial charge in [0.15, 0.2) is 0 Å². The molecule has 0 spiro atoms. The van der Waals surface area contributed by atoms with Gasteiger partial charge in [0.25, 0.3) is 11.5 Å². The SMILES string of the molecule is O=C(Nc1ccc(F)cc1F)c1cccn(Cc2cccc(C(F)(F)F)c2)c1=O. The number of benzene rings is 2. The van der Waals surface area contributed by atoms with Crippen molar-refractivity contribution in [3.63, 3.8) is 0 Å². The van der Waals surface area contributed by atoms with Crippen molar-refractivity contribution in [2.75, 3.05) is 5.32 Å². The lowest BCUT2D eigenvalue weighted by atomic mass is 10.1. The fourth-order valence-corrected chi connectivity index (χ4v) is 2.66. The standard InChI is InChI=1S/C20H13F5N2O2/c21-14-6-7-17(16(22)10-14)26-18(28)15-5-2-8-27(19(15)29)11-12-3-1-4-13(9-12)20(23,24)25/h1-10H,11H2,(H,26,28). The minimum absolute atomic E-state index is 0.200. The summed E-state index contributed by atoms with van der Waals surface area (Å²) >= 11 is 0. The summed E-state index contributed by atoms with van der Waals surface area (Å²) < 4.78 is 66.3. The number of rotatable bonds is 4. The largest absolute Gasteiger partial charge is 0.416 e. The van der Waals surface area contributed by atoms with Gasteiger partial charge < -0.3 is 9.88 Å². The highest BCUT2D eigenvalue weighted by Gasteiger charge is 2.30. The Morgan fingerprint density at radius 3 is 2.45 bits per heavy atom. The van der Waals surface area contributed by atoms with Crippen LogP contribution in [-0.4, -0.2) is 10.5 Å². The van der Waals surface area contributed by atoms with Gasteiger partial charge in [-0.15, -0.1) is 0 Å². The van der Waals surface area contributed by atoms with Crippen LogP contribution >= 0.6 is 0 Å². The lowest BCUT2D eigenvalue weighted by Gasteiger charge is -2.11. The lowest BCUT2D eigenvalue weighted by Crippen LogP contribution is -2.29. The van der Waals surface area contributed by atoms with Crippen molar-refractivity contribution in [1.29, 1.82) is 0 Å². The molecule has 0 fully saturated rings. The third kappa shape index (κ3) is 4.68. The van der Waals surface area contributed by atoms with Crippen molar-refractivity contribution >= 4 is 11.6 Å². The van der Waals surface area contributed by atoms with E-state index in [1.807, 2.05) is 0 Å². The Labute approximate surface area is 161 Å². The first-order valence-electron chi connectivity index (χ1n) is 8.27. The zero-order valence-corrected chi connectivity index (χ0v) is 14.6. The van der Waals surface area contributed by atoms with E-state index in [4.69, 9.17) is 0 Å². The zero-order valence-electron chi connectivity index (χ0n) is 14.6. The molecular weight excluding hydrogens is 395 g/mol. The fraction of sp³-hybridized carbons (Fsp3) is 0.100. The van der Waals surface area contributed by atoms with Crippen molar-refractivity contribution in [1.82, 2.24) is 4.57 Å². The summed E-state index contributed by atoms with van der Waals surface area (Å²) in [5.41, 5.74) is -2.08. The molecule has 0 aliphatic heterocycles. The number of pyridine rings is 1. The average molecular weight is 408 g/mol. The average Bonchev–Trinajstić information content (AvgIpc) is 2.65. The minimum atomic E-state index is -4.53. The predicted octanol–water partition coefficient (Wildman–Crippen LogP) is 4.45. The molecule has 0 atom stereocenters. The monoisotopic (exact) mass is 408 g/mol. The van der Waals surface area contributed by atoms with E-state index in [9.17, 15) is 31.5 Å². The molecule has 0 aliphatic rings. The Hall–Kier alpha value is -3.49. The first kappa shape index (κ1) is 20.2. The molecule has 9 heteroatoms. The smallest absolute Gasteiger partial charge is 0.319 e. The maximum absolute atomic E-state index is 13.7. The molecule has 0 saturated carbocycles. The van der Waals surface area contributed by atoms with Gasteiger partial charge in [-0.25, -0.2) is 8.78 Å². The maximum Gasteiger partial charge on any atom is 0.416 e. The summed E-state index contributed by atoms with van der Waals surface area (Å²) in [4.78, 5) is 24.9. The minimum Gasteiger partial charge on any atom is -0.319 e. The van der Waals surface area contributed by atoms with Crippen molar-refractivity contribution in [3.05, 3.63) is 99.5 Å². The summed E-state index contributed by atoms with van der Waals surface area (Å²) in [5, 5.41) is 2.17. The van der Waals surface area contributed by atoms with Gasteiger partial charge in [0.2, 0.25) is 0 Å². The van der Waals surface area contributed by atoms with E-state index in [0.717, 1.165) is 28.8 Å². The van der Waals surface area contributed by atoms with E-state index in [2.05, 4.69) is 5.32 Å². The van der Waals surface area contributed by atoms with Gasteiger partial charge in [-0.1, -0.05) is 12.1 Å². The highest BCUT2D eigenvalue weighted by atomic mass is 19.4. The second-order valence-corrected chi connectivity index (χ2v) is 6.13. The van der Waals surface area contributed by atoms with Gasteiger partial charge >= 0.3 is 6.18 Å². The number of halogens is 5. The molecule has 2 aromatic carbocycles. The third-order valence-electron chi connectivity index (χ3n) is 4.05. The van der Waals surface area contributed by atoms with E-state index in [1.54, 1.807) is 0 Å². The summed E-state index contributed by atoms with van der Waals surface area (Å²) in [5.74, 6) is -2.78. The molecular formula is C20H13F5N2O2. The summed E-state index contributed by atoms with van der Waals surface area (Å²) in [6, 6.07) is 9.54. The van der Waals surface area contributed by atoms with Crippen LogP contribution in [0.25, 0.3) is 0 Å². The quantitative estimate of drug-likeness (QED) is 0.649. The number of amides is 1. The normalized spacial score (nSPS) is 11.3. The maximum atomic E-state index is 13.7. The number of anilines is 1. The summed E-state index contributed by atoms with van der Waals surface area (Å²) in [6.07, 6.45) is -3.21. The molecule has 3 rings (SSSR count). The van der Waals surface area contributed by atoms with Gasteiger partial charge in [0.05, 0.1) is 17.8 Å². The number of aromatic nitrogens is 1. The molecule has 1 amide bonds. The number of carbonyl (C=O) groups is 1. The van der Waals surface area contributed by atoms with Gasteiger partial charge in [-0.05, 0) is 42.0 Å². The molecule has 1 aromatic heterocycles. The van der Waals surface area contributed by atoms with Gasteiger partial charge in [0.1, 0.15) is 17.2 Å². The predicted molar refractivity (Wildman–Crippen MR) is 95.6 cm³/mol. The Kier molecular flexibility index (Phi) is 5.49. The first-order valence-corrected chi connectivity index (χ1v) is 8.27. The van der Waals surface area contributed by atoms with Crippen molar-refractivity contribution < 1.29 is 26.7 Å². The number of nitrogens with one attached hydrogen (secondary N) is 1. The molecule has 4 nitrogen and oxygen atoms in total. The third-order valence-corrected chi connectivity index (χ3v) is 4.05. The van der Waals surface area contributed by atoms with Crippen molar-refractivity contribution in [2.24, 2.45) is 0 Å². The van der Waals surface area contributed by atoms with Crippen LogP contribution in [0, 0.1) is 11.6 Å². The molecule has 29 heavy (non-hydrogen) atoms. The molecule has 150 valence electrons. The highest BCUT2D eigenvalue weighted by Crippen LogP contribution is 2.29. The summed E-state index contributed by atoms with van der Waals surface area (Å²) in [7, 11) is 0. The van der Waals surface area contributed by atoms with Crippen molar-refractivity contribution in [2.45, 2.75) is 12.7 Å². The van der Waals surface area contributed by atoms with E-state index < -0.39 is 34.8 Å². The van der Waals surface area contributed by atoms with Crippen LogP contribution < -0.4 is 10.9 Å². The Morgan fingerprint density at radius 2 is 1.76 bits per heavy atom. The second-order valence-electron chi connectivity index (χ2n) is 6.13. The Morgan fingerprint density at radius 1 is 1.00 bits per heavy atom. The van der Waals surface area contributed by atoms with Gasteiger partial charge in [-0.2, -0.15) is 13.2 Å². The van der Waals surface area contributed by atoms with E-state index in [1.165, 1.54) is 30.5 Å². The molecule has 3 aromatic rings. The zero-order chi connectivity index (χ0) is 21.2. The van der Waals surface area contributed by atoms with Crippen LogP contribution in [0.15, 0.2) is 65.6 Å². The van der Waals surface area contributed by atoms with E-state index in [0.29, 0.717) is 6.07 Å². The summed E-state index contributed by atoms with van der Waals surface area (Å²) in [6.45, 7) is -0.200. The number of hydrogen-bond donors (Lipinski definition) is 1. The van der Waals surface area contributed by atoms with Crippen LogP contribution in [0.5, 0.6) is 0 Å². The fourth-order valence-electron chi connectivity index (χ4n) is 2.66. The molecule has 0 bridgehead atoms. The molecule has 0 radical (unpaired) electrons. The number of alkyl halides is 3. The van der Waals surface area contributed by atoms with Crippen LogP contribution in [0.4, 0.5) is 27.6 Å². The number of hydrogen-bond acceptors (Lipinski definition) is 2. The molecule has 0 saturated heterocycles. The molecule has 1 N–H and O–H groups in total. The second kappa shape index (κ2) is 7.86. The topological polar surface area (TPSA) is 51.1 Å². The van der Waals surface area contributed by atoms with E-state index >= 15 is 0 Å². The highest BCUT2D eigenvalue weighted by molar-refractivity contribution is 6.04. The van der Waals surface area contributed by atoms with Gasteiger partial charge in [-0.3, -0.25) is 9.59 Å².